The summed E-state index contributed by atoms with van der Waals surface area (Å²) in [6, 6.07) is 5.88. The largest absolute Gasteiger partial charge is 0.329 e. The number of benzene rings is 1. The number of nitrogens with zero attached hydrogens (tertiary/aromatic N) is 1. The monoisotopic (exact) mass is 215 g/mol. The lowest BCUT2D eigenvalue weighted by atomic mass is 10.3. The zero-order valence-electron chi connectivity index (χ0n) is 7.84. The minimum absolute atomic E-state index is 0.146. The van der Waals surface area contributed by atoms with Gasteiger partial charge in [0.05, 0.1) is 4.92 Å². The Bertz CT molecular complexity index is 404. The highest BCUT2D eigenvalue weighted by Crippen LogP contribution is 2.42. The average molecular weight is 215 g/mol. The van der Waals surface area contributed by atoms with E-state index in [0.29, 0.717) is 0 Å². The maximum Gasteiger partial charge on any atom is 0.282 e. The molecule has 0 bridgehead atoms. The van der Waals surface area contributed by atoms with Gasteiger partial charge in [0.1, 0.15) is 5.30 Å². The first kappa shape index (κ1) is 10.9. The van der Waals surface area contributed by atoms with Crippen LogP contribution in [0.5, 0.6) is 0 Å². The van der Waals surface area contributed by atoms with Crippen LogP contribution in [0, 0.1) is 10.1 Å². The highest BCUT2D eigenvalue weighted by Gasteiger charge is 2.26. The van der Waals surface area contributed by atoms with E-state index in [4.69, 9.17) is 4.52 Å². The first-order valence-corrected chi connectivity index (χ1v) is 5.93. The summed E-state index contributed by atoms with van der Waals surface area (Å²) < 4.78 is 16.5. The molecule has 0 N–H and O–H groups in total. The molecule has 76 valence electrons. The van der Waals surface area contributed by atoms with Crippen LogP contribution in [0.3, 0.4) is 0 Å². The summed E-state index contributed by atoms with van der Waals surface area (Å²) in [6.45, 7) is 1.36. The summed E-state index contributed by atoms with van der Waals surface area (Å²) in [4.78, 5) is 10.0. The summed E-state index contributed by atoms with van der Waals surface area (Å²) in [5.74, 6) is 0. The van der Waals surface area contributed by atoms with Crippen LogP contribution in [-0.4, -0.2) is 18.7 Å². The molecule has 0 aliphatic rings. The topological polar surface area (TPSA) is 69.4 Å². The third-order valence-electron chi connectivity index (χ3n) is 1.86. The molecule has 1 rings (SSSR count). The third kappa shape index (κ3) is 2.00. The third-order valence-corrected chi connectivity index (χ3v) is 3.81. The Morgan fingerprint density at radius 2 is 2.00 bits per heavy atom. The van der Waals surface area contributed by atoms with Gasteiger partial charge in [0.2, 0.25) is 7.37 Å². The van der Waals surface area contributed by atoms with Crippen molar-refractivity contribution in [2.24, 2.45) is 0 Å². The minimum atomic E-state index is -3.06. The smallest absolute Gasteiger partial charge is 0.282 e. The molecule has 1 aromatic rings. The van der Waals surface area contributed by atoms with Gasteiger partial charge in [-0.2, -0.15) is 0 Å². The summed E-state index contributed by atoms with van der Waals surface area (Å²) in [7, 11) is -1.78. The van der Waals surface area contributed by atoms with Crippen molar-refractivity contribution in [1.82, 2.24) is 0 Å². The van der Waals surface area contributed by atoms with Crippen molar-refractivity contribution in [1.29, 1.82) is 0 Å². The Kier molecular flexibility index (Phi) is 3.03. The van der Waals surface area contributed by atoms with Crippen LogP contribution in [-0.2, 0) is 9.09 Å². The summed E-state index contributed by atoms with van der Waals surface area (Å²) in [6.07, 6.45) is 0. The van der Waals surface area contributed by atoms with E-state index in [1.807, 2.05) is 0 Å². The lowest BCUT2D eigenvalue weighted by Crippen LogP contribution is -2.10. The Balaban J connectivity index is 3.34. The maximum atomic E-state index is 11.8. The number of hydrogen-bond acceptors (Lipinski definition) is 4. The Labute approximate surface area is 81.3 Å². The van der Waals surface area contributed by atoms with Crippen molar-refractivity contribution in [2.75, 3.05) is 13.8 Å². The normalized spacial score (nSPS) is 14.7. The van der Waals surface area contributed by atoms with Gasteiger partial charge in [-0.15, -0.1) is 0 Å². The molecule has 0 aliphatic heterocycles. The van der Waals surface area contributed by atoms with Gasteiger partial charge in [0.15, 0.2) is 0 Å². The van der Waals surface area contributed by atoms with Crippen molar-refractivity contribution in [3.63, 3.8) is 0 Å². The molecule has 0 fully saturated rings. The fourth-order valence-corrected chi connectivity index (χ4v) is 2.19. The molecule has 5 nitrogen and oxygen atoms in total. The van der Waals surface area contributed by atoms with Crippen molar-refractivity contribution < 1.29 is 14.0 Å². The molecular weight excluding hydrogens is 205 g/mol. The molecule has 6 heteroatoms. The van der Waals surface area contributed by atoms with Crippen LogP contribution in [0.2, 0.25) is 0 Å². The van der Waals surface area contributed by atoms with Gasteiger partial charge in [-0.05, 0) is 6.07 Å². The number of rotatable bonds is 3. The number of para-hydroxylation sites is 1. The van der Waals surface area contributed by atoms with Gasteiger partial charge >= 0.3 is 0 Å². The van der Waals surface area contributed by atoms with Crippen LogP contribution in [0.4, 0.5) is 5.69 Å². The molecule has 1 atom stereocenters. The standard InChI is InChI=1S/C8H10NO4P/c1-13-14(2,12)8-6-4-3-5-7(8)9(10)11/h3-6H,1-2H3. The van der Waals surface area contributed by atoms with E-state index in [9.17, 15) is 14.7 Å². The van der Waals surface area contributed by atoms with Crippen molar-refractivity contribution in [3.8, 4) is 0 Å². The molecule has 0 radical (unpaired) electrons. The van der Waals surface area contributed by atoms with E-state index < -0.39 is 12.3 Å². The predicted molar refractivity (Wildman–Crippen MR) is 53.3 cm³/mol. The lowest BCUT2D eigenvalue weighted by molar-refractivity contribution is -0.383. The summed E-state index contributed by atoms with van der Waals surface area (Å²) in [5, 5.41) is 10.8. The van der Waals surface area contributed by atoms with E-state index >= 15 is 0 Å². The van der Waals surface area contributed by atoms with Crippen molar-refractivity contribution in [2.45, 2.75) is 0 Å². The van der Waals surface area contributed by atoms with Gasteiger partial charge in [-0.25, -0.2) is 0 Å². The average Bonchev–Trinajstić information content (AvgIpc) is 2.18. The van der Waals surface area contributed by atoms with Crippen LogP contribution >= 0.6 is 7.37 Å². The van der Waals surface area contributed by atoms with Crippen LogP contribution in [0.1, 0.15) is 0 Å². The number of nitro groups is 1. The van der Waals surface area contributed by atoms with E-state index in [-0.39, 0.29) is 11.0 Å². The fraction of sp³-hybridized carbons (Fsp3) is 0.250. The zero-order chi connectivity index (χ0) is 10.8. The Morgan fingerprint density at radius 3 is 2.50 bits per heavy atom. The lowest BCUT2D eigenvalue weighted by Gasteiger charge is -2.10. The second-order valence-electron chi connectivity index (χ2n) is 2.77. The van der Waals surface area contributed by atoms with Crippen LogP contribution in [0.25, 0.3) is 0 Å². The molecule has 1 aromatic carbocycles. The van der Waals surface area contributed by atoms with Crippen LogP contribution < -0.4 is 5.30 Å². The molecule has 1 unspecified atom stereocenters. The molecular formula is C8H10NO4P. The highest BCUT2D eigenvalue weighted by atomic mass is 31.2. The van der Waals surface area contributed by atoms with Gasteiger partial charge in [-0.3, -0.25) is 14.7 Å². The Morgan fingerprint density at radius 1 is 1.43 bits per heavy atom. The second kappa shape index (κ2) is 3.90. The SMILES string of the molecule is COP(C)(=O)c1ccccc1[N+](=O)[O-]. The summed E-state index contributed by atoms with van der Waals surface area (Å²) in [5.41, 5.74) is -0.166. The molecule has 0 aromatic heterocycles. The van der Waals surface area contributed by atoms with Gasteiger partial charge in [0.25, 0.3) is 5.69 Å². The minimum Gasteiger partial charge on any atom is -0.329 e. The van der Waals surface area contributed by atoms with Crippen molar-refractivity contribution in [3.05, 3.63) is 34.4 Å². The van der Waals surface area contributed by atoms with Crippen LogP contribution in [0.15, 0.2) is 24.3 Å². The molecule has 0 aliphatic carbocycles. The van der Waals surface area contributed by atoms with E-state index in [1.54, 1.807) is 6.07 Å². The predicted octanol–water partition coefficient (Wildman–Crippen LogP) is 1.77. The molecule has 0 saturated heterocycles. The molecule has 0 amide bonds. The number of hydrogen-bond donors (Lipinski definition) is 0. The fourth-order valence-electron chi connectivity index (χ4n) is 1.06. The first-order valence-electron chi connectivity index (χ1n) is 3.86. The molecule has 0 spiro atoms. The van der Waals surface area contributed by atoms with Gasteiger partial charge < -0.3 is 4.52 Å². The molecule has 0 saturated carbocycles. The van der Waals surface area contributed by atoms with Crippen molar-refractivity contribution >= 4 is 18.4 Å². The highest BCUT2D eigenvalue weighted by molar-refractivity contribution is 7.66. The second-order valence-corrected chi connectivity index (χ2v) is 5.31. The van der Waals surface area contributed by atoms with E-state index in [2.05, 4.69) is 0 Å². The van der Waals surface area contributed by atoms with Gasteiger partial charge in [0, 0.05) is 19.8 Å². The van der Waals surface area contributed by atoms with E-state index in [0.717, 1.165) is 0 Å². The maximum absolute atomic E-state index is 11.8. The molecule has 0 heterocycles. The number of nitro benzene ring substituents is 1. The van der Waals surface area contributed by atoms with Gasteiger partial charge in [-0.1, -0.05) is 12.1 Å². The summed E-state index contributed by atoms with van der Waals surface area (Å²) >= 11 is 0. The molecule has 14 heavy (non-hydrogen) atoms. The zero-order valence-corrected chi connectivity index (χ0v) is 8.73. The first-order chi connectivity index (χ1) is 6.49. The quantitative estimate of drug-likeness (QED) is 0.437. The Hall–Kier alpha value is -1.19. The van der Waals surface area contributed by atoms with E-state index in [1.165, 1.54) is 32.0 Å².